The third kappa shape index (κ3) is 4.04. The maximum Gasteiger partial charge on any atom is 0.260 e. The minimum Gasteiger partial charge on any atom is -0.481 e. The molecular formula is C18H19N3O3. The van der Waals surface area contributed by atoms with E-state index >= 15 is 0 Å². The number of rotatable bonds is 7. The third-order valence-electron chi connectivity index (χ3n) is 3.50. The lowest BCUT2D eigenvalue weighted by Crippen LogP contribution is -2.37. The molecule has 0 saturated carbocycles. The van der Waals surface area contributed by atoms with Crippen molar-refractivity contribution in [1.29, 1.82) is 0 Å². The van der Waals surface area contributed by atoms with Gasteiger partial charge in [-0.3, -0.25) is 9.48 Å². The summed E-state index contributed by atoms with van der Waals surface area (Å²) in [6.45, 7) is 2.77. The quantitative estimate of drug-likeness (QED) is 0.725. The van der Waals surface area contributed by atoms with Crippen molar-refractivity contribution < 1.29 is 13.9 Å². The van der Waals surface area contributed by atoms with Gasteiger partial charge in [-0.2, -0.15) is 5.10 Å². The summed E-state index contributed by atoms with van der Waals surface area (Å²) in [5, 5.41) is 7.10. The topological polar surface area (TPSA) is 69.3 Å². The Morgan fingerprint density at radius 2 is 2.12 bits per heavy atom. The first-order valence-electron chi connectivity index (χ1n) is 7.78. The van der Waals surface area contributed by atoms with Gasteiger partial charge in [0.2, 0.25) is 0 Å². The number of carbonyl (C=O) groups is 1. The van der Waals surface area contributed by atoms with Gasteiger partial charge < -0.3 is 14.5 Å². The first-order chi connectivity index (χ1) is 11.7. The fourth-order valence-corrected chi connectivity index (χ4v) is 2.25. The number of hydrogen-bond acceptors (Lipinski definition) is 4. The summed E-state index contributed by atoms with van der Waals surface area (Å²) in [5.74, 6) is 1.29. The molecule has 6 nitrogen and oxygen atoms in total. The predicted molar refractivity (Wildman–Crippen MR) is 89.5 cm³/mol. The monoisotopic (exact) mass is 325 g/mol. The lowest BCUT2D eigenvalue weighted by Gasteiger charge is -2.14. The molecule has 1 amide bonds. The van der Waals surface area contributed by atoms with E-state index in [1.165, 1.54) is 0 Å². The Hall–Kier alpha value is -3.02. The van der Waals surface area contributed by atoms with E-state index in [4.69, 9.17) is 9.15 Å². The number of amides is 1. The smallest absolute Gasteiger partial charge is 0.260 e. The van der Waals surface area contributed by atoms with Crippen molar-refractivity contribution in [3.8, 4) is 17.1 Å². The van der Waals surface area contributed by atoms with Gasteiger partial charge in [0.1, 0.15) is 11.5 Å². The standard InChI is InChI=1S/C18H19N3O3/c1-14(24-16-6-3-2-4-7-16)18(22)19-9-10-21-13-15(12-20-21)17-8-5-11-23-17/h2-8,11-14H,9-10H2,1H3,(H,19,22)/t14-/m1/s1. The van der Waals surface area contributed by atoms with Crippen molar-refractivity contribution in [3.63, 3.8) is 0 Å². The van der Waals surface area contributed by atoms with Crippen LogP contribution < -0.4 is 10.1 Å². The fourth-order valence-electron chi connectivity index (χ4n) is 2.25. The number of carbonyl (C=O) groups excluding carboxylic acids is 1. The Morgan fingerprint density at radius 3 is 2.88 bits per heavy atom. The van der Waals surface area contributed by atoms with Crippen LogP contribution in [0.15, 0.2) is 65.5 Å². The average Bonchev–Trinajstić information content (AvgIpc) is 3.27. The zero-order valence-corrected chi connectivity index (χ0v) is 13.4. The maximum absolute atomic E-state index is 12.0. The van der Waals surface area contributed by atoms with Crippen molar-refractivity contribution in [3.05, 3.63) is 61.1 Å². The molecule has 0 radical (unpaired) electrons. The SMILES string of the molecule is C[C@@H](Oc1ccccc1)C(=O)NCCn1cc(-c2ccco2)cn1. The Balaban J connectivity index is 1.45. The molecule has 0 aliphatic carbocycles. The Labute approximate surface area is 140 Å². The highest BCUT2D eigenvalue weighted by molar-refractivity contribution is 5.80. The van der Waals surface area contributed by atoms with Crippen molar-refractivity contribution >= 4 is 5.91 Å². The first kappa shape index (κ1) is 15.9. The molecule has 3 aromatic rings. The number of furan rings is 1. The van der Waals surface area contributed by atoms with Gasteiger partial charge in [0, 0.05) is 12.7 Å². The molecule has 2 heterocycles. The van der Waals surface area contributed by atoms with E-state index in [2.05, 4.69) is 10.4 Å². The molecule has 0 unspecified atom stereocenters. The molecule has 0 aliphatic heterocycles. The molecule has 0 aliphatic rings. The highest BCUT2D eigenvalue weighted by atomic mass is 16.5. The highest BCUT2D eigenvalue weighted by Gasteiger charge is 2.14. The van der Waals surface area contributed by atoms with Crippen LogP contribution in [0.2, 0.25) is 0 Å². The summed E-state index contributed by atoms with van der Waals surface area (Å²) in [6.07, 6.45) is 4.70. The van der Waals surface area contributed by atoms with Crippen LogP contribution in [0.5, 0.6) is 5.75 Å². The van der Waals surface area contributed by atoms with Gasteiger partial charge in [-0.15, -0.1) is 0 Å². The number of ether oxygens (including phenoxy) is 1. The number of benzene rings is 1. The van der Waals surface area contributed by atoms with Crippen LogP contribution >= 0.6 is 0 Å². The second kappa shape index (κ2) is 7.50. The molecule has 124 valence electrons. The Kier molecular flexibility index (Phi) is 4.96. The van der Waals surface area contributed by atoms with E-state index < -0.39 is 6.10 Å². The van der Waals surface area contributed by atoms with Crippen LogP contribution in [0.4, 0.5) is 0 Å². The van der Waals surface area contributed by atoms with Gasteiger partial charge in [0.25, 0.3) is 5.91 Å². The van der Waals surface area contributed by atoms with Crippen LogP contribution in [0.1, 0.15) is 6.92 Å². The maximum atomic E-state index is 12.0. The normalized spacial score (nSPS) is 11.9. The van der Waals surface area contributed by atoms with Crippen molar-refractivity contribution in [1.82, 2.24) is 15.1 Å². The minimum absolute atomic E-state index is 0.155. The summed E-state index contributed by atoms with van der Waals surface area (Å²) in [4.78, 5) is 12.0. The number of nitrogens with one attached hydrogen (secondary N) is 1. The van der Waals surface area contributed by atoms with E-state index in [0.717, 1.165) is 11.3 Å². The summed E-state index contributed by atoms with van der Waals surface area (Å²) >= 11 is 0. The van der Waals surface area contributed by atoms with Gasteiger partial charge >= 0.3 is 0 Å². The Bertz CT molecular complexity index is 766. The number of hydrogen-bond donors (Lipinski definition) is 1. The molecule has 0 bridgehead atoms. The second-order valence-electron chi connectivity index (χ2n) is 5.33. The van der Waals surface area contributed by atoms with E-state index in [0.29, 0.717) is 18.8 Å². The van der Waals surface area contributed by atoms with Gasteiger partial charge in [-0.1, -0.05) is 18.2 Å². The van der Waals surface area contributed by atoms with Crippen LogP contribution in [0, 0.1) is 0 Å². The van der Waals surface area contributed by atoms with Crippen LogP contribution in [-0.4, -0.2) is 28.3 Å². The number of aromatic nitrogens is 2. The van der Waals surface area contributed by atoms with E-state index in [-0.39, 0.29) is 5.91 Å². The van der Waals surface area contributed by atoms with Crippen molar-refractivity contribution in [2.24, 2.45) is 0 Å². The van der Waals surface area contributed by atoms with E-state index in [1.807, 2.05) is 48.7 Å². The zero-order chi connectivity index (χ0) is 16.8. The molecular weight excluding hydrogens is 306 g/mol. The van der Waals surface area contributed by atoms with Crippen molar-refractivity contribution in [2.75, 3.05) is 6.54 Å². The molecule has 0 spiro atoms. The zero-order valence-electron chi connectivity index (χ0n) is 13.4. The molecule has 1 N–H and O–H groups in total. The van der Waals surface area contributed by atoms with Gasteiger partial charge in [-0.05, 0) is 31.2 Å². The first-order valence-corrected chi connectivity index (χ1v) is 7.78. The second-order valence-corrected chi connectivity index (χ2v) is 5.33. The molecule has 2 aromatic heterocycles. The molecule has 24 heavy (non-hydrogen) atoms. The summed E-state index contributed by atoms with van der Waals surface area (Å²) in [7, 11) is 0. The largest absolute Gasteiger partial charge is 0.481 e. The predicted octanol–water partition coefficient (Wildman–Crippen LogP) is 2.73. The summed E-state index contributed by atoms with van der Waals surface area (Å²) in [5.41, 5.74) is 0.909. The van der Waals surface area contributed by atoms with Crippen LogP contribution in [-0.2, 0) is 11.3 Å². The Morgan fingerprint density at radius 1 is 1.29 bits per heavy atom. The third-order valence-corrected chi connectivity index (χ3v) is 3.50. The van der Waals surface area contributed by atoms with Gasteiger partial charge in [0.05, 0.1) is 24.6 Å². The van der Waals surface area contributed by atoms with Crippen LogP contribution in [0.25, 0.3) is 11.3 Å². The molecule has 6 heteroatoms. The van der Waals surface area contributed by atoms with Crippen molar-refractivity contribution in [2.45, 2.75) is 19.6 Å². The highest BCUT2D eigenvalue weighted by Crippen LogP contribution is 2.18. The lowest BCUT2D eigenvalue weighted by atomic mass is 10.3. The van der Waals surface area contributed by atoms with Gasteiger partial charge in [-0.25, -0.2) is 0 Å². The molecule has 3 rings (SSSR count). The van der Waals surface area contributed by atoms with Crippen LogP contribution in [0.3, 0.4) is 0 Å². The van der Waals surface area contributed by atoms with Gasteiger partial charge in [0.15, 0.2) is 6.10 Å². The molecule has 0 fully saturated rings. The lowest BCUT2D eigenvalue weighted by molar-refractivity contribution is -0.127. The summed E-state index contributed by atoms with van der Waals surface area (Å²) < 4.78 is 12.7. The molecule has 0 saturated heterocycles. The average molecular weight is 325 g/mol. The van der Waals surface area contributed by atoms with E-state index in [1.54, 1.807) is 24.1 Å². The van der Waals surface area contributed by atoms with E-state index in [9.17, 15) is 4.79 Å². The minimum atomic E-state index is -0.552. The fraction of sp³-hybridized carbons (Fsp3) is 0.222. The summed E-state index contributed by atoms with van der Waals surface area (Å²) in [6, 6.07) is 13.0. The molecule has 1 atom stereocenters. The molecule has 1 aromatic carbocycles. The number of para-hydroxylation sites is 1. The number of nitrogens with zero attached hydrogens (tertiary/aromatic N) is 2.